The molecule has 0 atom stereocenters. The lowest BCUT2D eigenvalue weighted by atomic mass is 10.0. The van der Waals surface area contributed by atoms with Crippen LogP contribution in [0.25, 0.3) is 6.08 Å². The molecule has 23 heavy (non-hydrogen) atoms. The van der Waals surface area contributed by atoms with Crippen LogP contribution < -0.4 is 14.8 Å². The van der Waals surface area contributed by atoms with Gasteiger partial charge in [0.2, 0.25) is 0 Å². The molecule has 2 rings (SSSR count). The molecule has 1 amide bonds. The second-order valence-electron chi connectivity index (χ2n) is 5.91. The minimum absolute atomic E-state index is 0.0593. The van der Waals surface area contributed by atoms with Crippen molar-refractivity contribution in [3.63, 3.8) is 0 Å². The van der Waals surface area contributed by atoms with Crippen molar-refractivity contribution < 1.29 is 19.1 Å². The Morgan fingerprint density at radius 3 is 2.65 bits per heavy atom. The molecule has 0 unspecified atom stereocenters. The summed E-state index contributed by atoms with van der Waals surface area (Å²) in [5.41, 5.74) is 0.695. The number of ether oxygens (including phenoxy) is 2. The number of amides is 1. The fraction of sp³-hybridized carbons (Fsp3) is 0.444. The van der Waals surface area contributed by atoms with Crippen molar-refractivity contribution in [1.29, 1.82) is 0 Å². The zero-order valence-electron chi connectivity index (χ0n) is 13.8. The maximum Gasteiger partial charge on any atom is 0.257 e. The van der Waals surface area contributed by atoms with E-state index in [1.807, 2.05) is 19.9 Å². The van der Waals surface area contributed by atoms with E-state index in [-0.39, 0.29) is 23.7 Å². The Morgan fingerprint density at radius 2 is 2.04 bits per heavy atom. The van der Waals surface area contributed by atoms with Crippen LogP contribution in [0.4, 0.5) is 0 Å². The predicted octanol–water partition coefficient (Wildman–Crippen LogP) is 2.59. The summed E-state index contributed by atoms with van der Waals surface area (Å²) in [6.07, 6.45) is 5.33. The summed E-state index contributed by atoms with van der Waals surface area (Å²) in [5, 5.41) is 2.66. The van der Waals surface area contributed by atoms with Gasteiger partial charge in [-0.1, -0.05) is 19.1 Å². The quantitative estimate of drug-likeness (QED) is 0.749. The second-order valence-corrected chi connectivity index (χ2v) is 5.91. The molecular formula is C18H23NO4. The Balaban J connectivity index is 2.02. The van der Waals surface area contributed by atoms with Gasteiger partial charge in [-0.15, -0.1) is 0 Å². The Morgan fingerprint density at radius 1 is 1.30 bits per heavy atom. The van der Waals surface area contributed by atoms with Crippen LogP contribution in [0.2, 0.25) is 0 Å². The monoisotopic (exact) mass is 317 g/mol. The average Bonchev–Trinajstić information content (AvgIpc) is 3.30. The fourth-order valence-electron chi connectivity index (χ4n) is 2.11. The molecule has 0 spiro atoms. The first-order valence-electron chi connectivity index (χ1n) is 7.78. The summed E-state index contributed by atoms with van der Waals surface area (Å²) in [5.74, 6) is 1.01. The number of allylic oxidation sites excluding steroid dienone is 1. The number of ketones is 1. The number of carbonyl (C=O) groups excluding carboxylic acids is 2. The summed E-state index contributed by atoms with van der Waals surface area (Å²) in [4.78, 5) is 23.4. The van der Waals surface area contributed by atoms with Crippen molar-refractivity contribution in [2.24, 2.45) is 5.41 Å². The summed E-state index contributed by atoms with van der Waals surface area (Å²) in [6.45, 7) is 4.34. The van der Waals surface area contributed by atoms with Gasteiger partial charge >= 0.3 is 0 Å². The smallest absolute Gasteiger partial charge is 0.257 e. The minimum Gasteiger partial charge on any atom is -0.493 e. The summed E-state index contributed by atoms with van der Waals surface area (Å²) < 4.78 is 10.7. The zero-order chi connectivity index (χ0) is 16.9. The number of hydrogen-bond acceptors (Lipinski definition) is 4. The minimum atomic E-state index is -0.179. The third kappa shape index (κ3) is 4.58. The lowest BCUT2D eigenvalue weighted by Gasteiger charge is -2.11. The van der Waals surface area contributed by atoms with E-state index >= 15 is 0 Å². The van der Waals surface area contributed by atoms with Crippen molar-refractivity contribution in [1.82, 2.24) is 5.32 Å². The van der Waals surface area contributed by atoms with Crippen LogP contribution in [0.5, 0.6) is 11.5 Å². The molecule has 5 nitrogen and oxygen atoms in total. The van der Waals surface area contributed by atoms with Gasteiger partial charge in [0.1, 0.15) is 0 Å². The van der Waals surface area contributed by atoms with Gasteiger partial charge < -0.3 is 14.8 Å². The van der Waals surface area contributed by atoms with E-state index in [0.29, 0.717) is 18.0 Å². The normalized spacial score (nSPS) is 15.3. The molecule has 0 heterocycles. The summed E-state index contributed by atoms with van der Waals surface area (Å²) in [7, 11) is 1.54. The molecule has 1 aliphatic rings. The lowest BCUT2D eigenvalue weighted by Crippen LogP contribution is -2.28. The number of benzene rings is 1. The molecule has 0 bridgehead atoms. The summed E-state index contributed by atoms with van der Waals surface area (Å²) in [6, 6.07) is 5.35. The Hall–Kier alpha value is -2.30. The number of hydrogen-bond donors (Lipinski definition) is 1. The zero-order valence-corrected chi connectivity index (χ0v) is 13.8. The molecule has 0 aromatic heterocycles. The Kier molecular flexibility index (Phi) is 5.42. The van der Waals surface area contributed by atoms with E-state index in [9.17, 15) is 9.59 Å². The van der Waals surface area contributed by atoms with Crippen molar-refractivity contribution in [2.45, 2.75) is 26.7 Å². The third-order valence-corrected chi connectivity index (χ3v) is 3.94. The second kappa shape index (κ2) is 7.31. The Labute approximate surface area is 136 Å². The number of rotatable bonds is 8. The topological polar surface area (TPSA) is 64.6 Å². The molecule has 0 aliphatic heterocycles. The Bertz CT molecular complexity index is 617. The molecule has 0 saturated heterocycles. The van der Waals surface area contributed by atoms with Gasteiger partial charge in [0.05, 0.1) is 7.11 Å². The number of likely N-dealkylation sites (N-methyl/N-ethyl adjacent to an activating group) is 1. The van der Waals surface area contributed by atoms with E-state index in [0.717, 1.165) is 18.4 Å². The fourth-order valence-corrected chi connectivity index (χ4v) is 2.11. The van der Waals surface area contributed by atoms with Gasteiger partial charge in [0.25, 0.3) is 5.91 Å². The van der Waals surface area contributed by atoms with Crippen molar-refractivity contribution in [2.75, 3.05) is 20.3 Å². The molecule has 0 radical (unpaired) electrons. The van der Waals surface area contributed by atoms with Gasteiger partial charge in [0, 0.05) is 12.0 Å². The first-order valence-corrected chi connectivity index (χ1v) is 7.78. The van der Waals surface area contributed by atoms with E-state index in [1.165, 1.54) is 7.11 Å². The van der Waals surface area contributed by atoms with E-state index in [2.05, 4.69) is 5.32 Å². The maximum atomic E-state index is 12.0. The maximum absolute atomic E-state index is 12.0. The predicted molar refractivity (Wildman–Crippen MR) is 88.6 cm³/mol. The van der Waals surface area contributed by atoms with Crippen molar-refractivity contribution in [3.8, 4) is 11.5 Å². The number of nitrogens with one attached hydrogen (secondary N) is 1. The third-order valence-electron chi connectivity index (χ3n) is 3.94. The van der Waals surface area contributed by atoms with Crippen LogP contribution in [0.3, 0.4) is 0 Å². The number of methoxy groups -OCH3 is 1. The lowest BCUT2D eigenvalue weighted by molar-refractivity contribution is -0.123. The van der Waals surface area contributed by atoms with Crippen LogP contribution in [-0.2, 0) is 9.59 Å². The largest absolute Gasteiger partial charge is 0.493 e. The molecule has 1 saturated carbocycles. The molecule has 5 heteroatoms. The molecular weight excluding hydrogens is 294 g/mol. The SMILES string of the molecule is CCNC(=O)COc1ccc(/C=C/C(=O)C2(C)CC2)cc1OC. The van der Waals surface area contributed by atoms with Gasteiger partial charge in [-0.2, -0.15) is 0 Å². The average molecular weight is 317 g/mol. The highest BCUT2D eigenvalue weighted by molar-refractivity contribution is 5.99. The molecule has 124 valence electrons. The van der Waals surface area contributed by atoms with E-state index in [1.54, 1.807) is 24.3 Å². The van der Waals surface area contributed by atoms with Crippen LogP contribution in [0, 0.1) is 5.41 Å². The van der Waals surface area contributed by atoms with Crippen molar-refractivity contribution >= 4 is 17.8 Å². The van der Waals surface area contributed by atoms with Crippen molar-refractivity contribution in [3.05, 3.63) is 29.8 Å². The summed E-state index contributed by atoms with van der Waals surface area (Å²) >= 11 is 0. The highest BCUT2D eigenvalue weighted by Crippen LogP contribution is 2.46. The first kappa shape index (κ1) is 17.1. The van der Waals surface area contributed by atoms with Gasteiger partial charge in [-0.25, -0.2) is 0 Å². The molecule has 1 aliphatic carbocycles. The van der Waals surface area contributed by atoms with Crippen LogP contribution >= 0.6 is 0 Å². The van der Waals surface area contributed by atoms with Crippen LogP contribution in [0.15, 0.2) is 24.3 Å². The molecule has 1 aromatic carbocycles. The van der Waals surface area contributed by atoms with Crippen LogP contribution in [-0.4, -0.2) is 32.0 Å². The first-order chi connectivity index (χ1) is 11.0. The molecule has 1 fully saturated rings. The number of carbonyl (C=O) groups is 2. The van der Waals surface area contributed by atoms with Gasteiger partial charge in [-0.05, 0) is 43.5 Å². The molecule has 1 N–H and O–H groups in total. The van der Waals surface area contributed by atoms with Crippen LogP contribution in [0.1, 0.15) is 32.3 Å². The van der Waals surface area contributed by atoms with Gasteiger partial charge in [0.15, 0.2) is 23.9 Å². The van der Waals surface area contributed by atoms with E-state index < -0.39 is 0 Å². The highest BCUT2D eigenvalue weighted by Gasteiger charge is 2.42. The van der Waals surface area contributed by atoms with E-state index in [4.69, 9.17) is 9.47 Å². The highest BCUT2D eigenvalue weighted by atomic mass is 16.5. The standard InChI is InChI=1S/C18H23NO4/c1-4-19-17(21)12-23-14-7-5-13(11-15(14)22-3)6-8-16(20)18(2)9-10-18/h5-8,11H,4,9-10,12H2,1-3H3,(H,19,21)/b8-6+. The van der Waals surface area contributed by atoms with Gasteiger partial charge in [-0.3, -0.25) is 9.59 Å². The molecule has 1 aromatic rings.